The van der Waals surface area contributed by atoms with Crippen LogP contribution in [0, 0.1) is 0 Å². The summed E-state index contributed by atoms with van der Waals surface area (Å²) < 4.78 is 0. The number of nitrogens with zero attached hydrogens (tertiary/aromatic N) is 1. The number of H-pyrrole nitrogens is 1. The van der Waals surface area contributed by atoms with Gasteiger partial charge in [0.1, 0.15) is 0 Å². The molecule has 0 atom stereocenters. The van der Waals surface area contributed by atoms with Crippen LogP contribution in [0.3, 0.4) is 0 Å². The lowest BCUT2D eigenvalue weighted by molar-refractivity contribution is 1.44. The molecule has 1 aromatic heterocycles. The summed E-state index contributed by atoms with van der Waals surface area (Å²) in [6.45, 7) is 1.79. The first-order chi connectivity index (χ1) is 9.22. The SMILES string of the molecule is CC(N)=Nc1ccc2[nH]c(-c3ccccc3)cc2c1. The van der Waals surface area contributed by atoms with Gasteiger partial charge in [-0.1, -0.05) is 30.3 Å². The number of hydrogen-bond donors (Lipinski definition) is 2. The average Bonchev–Trinajstić information content (AvgIpc) is 2.82. The lowest BCUT2D eigenvalue weighted by atomic mass is 10.1. The maximum absolute atomic E-state index is 5.61. The molecule has 0 bridgehead atoms. The van der Waals surface area contributed by atoms with Gasteiger partial charge in [-0.15, -0.1) is 0 Å². The second-order valence-corrected chi connectivity index (χ2v) is 4.57. The van der Waals surface area contributed by atoms with E-state index in [1.165, 1.54) is 5.56 Å². The van der Waals surface area contributed by atoms with Crippen molar-refractivity contribution in [3.8, 4) is 11.3 Å². The van der Waals surface area contributed by atoms with Gasteiger partial charge in [-0.2, -0.15) is 0 Å². The molecule has 0 aliphatic carbocycles. The van der Waals surface area contributed by atoms with Crippen molar-refractivity contribution < 1.29 is 0 Å². The quantitative estimate of drug-likeness (QED) is 0.526. The van der Waals surface area contributed by atoms with Crippen molar-refractivity contribution >= 4 is 22.4 Å². The van der Waals surface area contributed by atoms with Crippen LogP contribution in [-0.4, -0.2) is 10.8 Å². The van der Waals surface area contributed by atoms with Gasteiger partial charge in [-0.25, -0.2) is 4.99 Å². The van der Waals surface area contributed by atoms with E-state index in [0.717, 1.165) is 22.3 Å². The molecule has 0 saturated heterocycles. The van der Waals surface area contributed by atoms with E-state index >= 15 is 0 Å². The largest absolute Gasteiger partial charge is 0.387 e. The van der Waals surface area contributed by atoms with Gasteiger partial charge in [0, 0.05) is 16.6 Å². The van der Waals surface area contributed by atoms with Crippen molar-refractivity contribution in [1.29, 1.82) is 0 Å². The summed E-state index contributed by atoms with van der Waals surface area (Å²) in [6.07, 6.45) is 0. The van der Waals surface area contributed by atoms with E-state index in [0.29, 0.717) is 5.84 Å². The third-order valence-corrected chi connectivity index (χ3v) is 2.99. The van der Waals surface area contributed by atoms with Crippen LogP contribution >= 0.6 is 0 Å². The highest BCUT2D eigenvalue weighted by Gasteiger charge is 2.03. The molecule has 0 spiro atoms. The van der Waals surface area contributed by atoms with Gasteiger partial charge < -0.3 is 10.7 Å². The van der Waals surface area contributed by atoms with Crippen LogP contribution in [0.1, 0.15) is 6.92 Å². The summed E-state index contributed by atoms with van der Waals surface area (Å²) in [5.41, 5.74) is 9.88. The van der Waals surface area contributed by atoms with Crippen LogP contribution in [0.25, 0.3) is 22.2 Å². The molecule has 0 aliphatic rings. The van der Waals surface area contributed by atoms with Gasteiger partial charge in [0.05, 0.1) is 11.5 Å². The van der Waals surface area contributed by atoms with Crippen molar-refractivity contribution in [2.45, 2.75) is 6.92 Å². The van der Waals surface area contributed by atoms with Crippen LogP contribution in [0.15, 0.2) is 59.6 Å². The second kappa shape index (κ2) is 4.61. The fraction of sp³-hybridized carbons (Fsp3) is 0.0625. The fourth-order valence-corrected chi connectivity index (χ4v) is 2.17. The van der Waals surface area contributed by atoms with E-state index in [-0.39, 0.29) is 0 Å². The van der Waals surface area contributed by atoms with Gasteiger partial charge in [0.2, 0.25) is 0 Å². The van der Waals surface area contributed by atoms with E-state index in [4.69, 9.17) is 5.73 Å². The predicted octanol–water partition coefficient (Wildman–Crippen LogP) is 3.84. The van der Waals surface area contributed by atoms with E-state index in [1.54, 1.807) is 6.92 Å². The Balaban J connectivity index is 2.09. The van der Waals surface area contributed by atoms with E-state index in [1.807, 2.05) is 36.4 Å². The number of aliphatic imine (C=N–C) groups is 1. The Hall–Kier alpha value is -2.55. The molecule has 0 unspecified atom stereocenters. The zero-order valence-corrected chi connectivity index (χ0v) is 10.7. The van der Waals surface area contributed by atoms with Crippen molar-refractivity contribution in [3.05, 3.63) is 54.6 Å². The van der Waals surface area contributed by atoms with E-state index in [9.17, 15) is 0 Å². The van der Waals surface area contributed by atoms with Crippen molar-refractivity contribution in [3.63, 3.8) is 0 Å². The molecule has 3 N–H and O–H groups in total. The maximum Gasteiger partial charge on any atom is 0.0964 e. The molecule has 1 heterocycles. The summed E-state index contributed by atoms with van der Waals surface area (Å²) in [5, 5.41) is 1.14. The summed E-state index contributed by atoms with van der Waals surface area (Å²) in [5.74, 6) is 0.568. The maximum atomic E-state index is 5.61. The number of rotatable bonds is 2. The van der Waals surface area contributed by atoms with Crippen LogP contribution < -0.4 is 5.73 Å². The van der Waals surface area contributed by atoms with E-state index < -0.39 is 0 Å². The molecule has 0 saturated carbocycles. The topological polar surface area (TPSA) is 54.2 Å². The normalized spacial score (nSPS) is 11.9. The molecule has 3 heteroatoms. The van der Waals surface area contributed by atoms with Crippen LogP contribution in [0.5, 0.6) is 0 Å². The van der Waals surface area contributed by atoms with Crippen LogP contribution in [-0.2, 0) is 0 Å². The monoisotopic (exact) mass is 249 g/mol. The first kappa shape index (κ1) is 11.5. The third-order valence-electron chi connectivity index (χ3n) is 2.99. The number of aromatic amines is 1. The molecule has 19 heavy (non-hydrogen) atoms. The minimum Gasteiger partial charge on any atom is -0.387 e. The first-order valence-electron chi connectivity index (χ1n) is 6.21. The van der Waals surface area contributed by atoms with Gasteiger partial charge in [0.25, 0.3) is 0 Å². The fourth-order valence-electron chi connectivity index (χ4n) is 2.17. The van der Waals surface area contributed by atoms with Gasteiger partial charge in [-0.3, -0.25) is 0 Å². The molecule has 0 amide bonds. The highest BCUT2D eigenvalue weighted by Crippen LogP contribution is 2.27. The first-order valence-corrected chi connectivity index (χ1v) is 6.21. The minimum absolute atomic E-state index is 0.568. The average molecular weight is 249 g/mol. The number of amidine groups is 1. The lowest BCUT2D eigenvalue weighted by Crippen LogP contribution is -2.03. The Morgan fingerprint density at radius 3 is 2.58 bits per heavy atom. The number of hydrogen-bond acceptors (Lipinski definition) is 1. The Kier molecular flexibility index (Phi) is 2.80. The van der Waals surface area contributed by atoms with Crippen LogP contribution in [0.4, 0.5) is 5.69 Å². The second-order valence-electron chi connectivity index (χ2n) is 4.57. The number of nitrogens with one attached hydrogen (secondary N) is 1. The number of fused-ring (bicyclic) bond motifs is 1. The Bertz CT molecular complexity index is 735. The summed E-state index contributed by atoms with van der Waals surface area (Å²) >= 11 is 0. The Morgan fingerprint density at radius 2 is 1.84 bits per heavy atom. The number of benzene rings is 2. The predicted molar refractivity (Wildman–Crippen MR) is 80.7 cm³/mol. The number of nitrogens with two attached hydrogens (primary N) is 1. The molecule has 0 fully saturated rings. The zero-order chi connectivity index (χ0) is 13.2. The third kappa shape index (κ3) is 2.36. The van der Waals surface area contributed by atoms with Gasteiger partial charge in [0.15, 0.2) is 0 Å². The summed E-state index contributed by atoms with van der Waals surface area (Å²) in [4.78, 5) is 7.68. The molecule has 0 aliphatic heterocycles. The molecule has 2 aromatic carbocycles. The lowest BCUT2D eigenvalue weighted by Gasteiger charge is -1.95. The molecule has 0 radical (unpaired) electrons. The van der Waals surface area contributed by atoms with Crippen LogP contribution in [0.2, 0.25) is 0 Å². The van der Waals surface area contributed by atoms with Gasteiger partial charge in [-0.05, 0) is 36.8 Å². The smallest absolute Gasteiger partial charge is 0.0964 e. The van der Waals surface area contributed by atoms with E-state index in [2.05, 4.69) is 28.2 Å². The molecular formula is C16H15N3. The molecule has 3 nitrogen and oxygen atoms in total. The highest BCUT2D eigenvalue weighted by atomic mass is 14.8. The van der Waals surface area contributed by atoms with Gasteiger partial charge >= 0.3 is 0 Å². The zero-order valence-electron chi connectivity index (χ0n) is 10.7. The Morgan fingerprint density at radius 1 is 1.05 bits per heavy atom. The Labute approximate surface area is 111 Å². The van der Waals surface area contributed by atoms with Crippen molar-refractivity contribution in [1.82, 2.24) is 4.98 Å². The summed E-state index contributed by atoms with van der Waals surface area (Å²) in [6, 6.07) is 18.4. The highest BCUT2D eigenvalue weighted by molar-refractivity contribution is 5.89. The molecular weight excluding hydrogens is 234 g/mol. The minimum atomic E-state index is 0.568. The molecule has 3 aromatic rings. The van der Waals surface area contributed by atoms with Crippen molar-refractivity contribution in [2.24, 2.45) is 10.7 Å². The van der Waals surface area contributed by atoms with Crippen molar-refractivity contribution in [2.75, 3.05) is 0 Å². The summed E-state index contributed by atoms with van der Waals surface area (Å²) in [7, 11) is 0. The molecule has 94 valence electrons. The molecule has 3 rings (SSSR count). The number of aromatic nitrogens is 1. The standard InChI is InChI=1S/C16H15N3/c1-11(17)18-14-7-8-15-13(9-14)10-16(19-15)12-5-3-2-4-6-12/h2-10,19H,1H3,(H2,17,18).